The van der Waals surface area contributed by atoms with Gasteiger partial charge in [-0.15, -0.1) is 0 Å². The number of aryl methyl sites for hydroxylation is 1. The molecule has 0 atom stereocenters. The molecule has 30 heavy (non-hydrogen) atoms. The predicted octanol–water partition coefficient (Wildman–Crippen LogP) is 8.10. The van der Waals surface area contributed by atoms with Crippen LogP contribution >= 0.6 is 0 Å². The number of nitrogens with zero attached hydrogens (tertiary/aromatic N) is 3. The lowest BCUT2D eigenvalue weighted by atomic mass is 9.99. The molecule has 0 unspecified atom stereocenters. The third-order valence-electron chi connectivity index (χ3n) is 2.80. The van der Waals surface area contributed by atoms with E-state index in [2.05, 4.69) is 88.7 Å². The highest BCUT2D eigenvalue weighted by Crippen LogP contribution is 2.11. The Labute approximate surface area is 187 Å². The molecule has 0 aliphatic rings. The standard InChI is InChI=1S/C10H13N.C6H13N.C6H8.C5H11N/c1-3-8-11-10-6-4-9(2)5-7-10;1-6(2,3)5-7-4;1-3-5-6-4-2;1-5(2)4-6-3/h4-8H,3H2,1-2H3;5H,1-4H3;3-6H,1-2H2;4-5H,1-3H3/b;;6-5-;. The van der Waals surface area contributed by atoms with Crippen molar-refractivity contribution in [3.8, 4) is 0 Å². The molecule has 1 rings (SSSR count). The molecule has 1 aromatic rings. The fourth-order valence-electron chi connectivity index (χ4n) is 1.67. The maximum absolute atomic E-state index is 4.24. The lowest BCUT2D eigenvalue weighted by molar-refractivity contribution is 0.606. The number of hydrogen-bond acceptors (Lipinski definition) is 3. The summed E-state index contributed by atoms with van der Waals surface area (Å²) >= 11 is 0. The molecule has 3 heteroatoms. The fraction of sp³-hybridized carbons (Fsp3) is 0.444. The van der Waals surface area contributed by atoms with Crippen LogP contribution in [0.25, 0.3) is 0 Å². The highest BCUT2D eigenvalue weighted by molar-refractivity contribution is 5.63. The Kier molecular flexibility index (Phi) is 24.3. The van der Waals surface area contributed by atoms with Gasteiger partial charge in [0, 0.05) is 32.7 Å². The van der Waals surface area contributed by atoms with E-state index in [1.165, 1.54) is 5.56 Å². The smallest absolute Gasteiger partial charge is 0.0625 e. The maximum atomic E-state index is 4.24. The van der Waals surface area contributed by atoms with Crippen LogP contribution in [0.3, 0.4) is 0 Å². The molecule has 3 nitrogen and oxygen atoms in total. The zero-order valence-corrected chi connectivity index (χ0v) is 20.9. The molecule has 0 fully saturated rings. The highest BCUT2D eigenvalue weighted by atomic mass is 14.7. The number of benzene rings is 1. The first kappa shape index (κ1) is 32.1. The Bertz CT molecular complexity index is 615. The molecule has 0 amide bonds. The van der Waals surface area contributed by atoms with E-state index in [9.17, 15) is 0 Å². The minimum atomic E-state index is 0.259. The van der Waals surface area contributed by atoms with Gasteiger partial charge in [-0.05, 0) is 36.8 Å². The van der Waals surface area contributed by atoms with Crippen LogP contribution < -0.4 is 0 Å². The molecule has 0 radical (unpaired) electrons. The SMILES string of the molecule is C=C/C=C\C=C.CCC=Nc1ccc(C)cc1.CN=CC(C)(C)C.CN=CC(C)C. The summed E-state index contributed by atoms with van der Waals surface area (Å²) in [6.45, 7) is 21.7. The van der Waals surface area contributed by atoms with Gasteiger partial charge in [0.15, 0.2) is 0 Å². The van der Waals surface area contributed by atoms with Crippen LogP contribution in [0.1, 0.15) is 53.5 Å². The summed E-state index contributed by atoms with van der Waals surface area (Å²) in [6.07, 6.45) is 13.8. The van der Waals surface area contributed by atoms with E-state index in [-0.39, 0.29) is 5.41 Å². The van der Waals surface area contributed by atoms with Crippen molar-refractivity contribution in [3.63, 3.8) is 0 Å². The molecule has 168 valence electrons. The largest absolute Gasteiger partial charge is 0.301 e. The second kappa shape index (κ2) is 22.7. The summed E-state index contributed by atoms with van der Waals surface area (Å²) in [5, 5.41) is 0. The molecule has 0 heterocycles. The topological polar surface area (TPSA) is 37.1 Å². The normalized spacial score (nSPS) is 11.0. The average Bonchev–Trinajstić information content (AvgIpc) is 2.66. The van der Waals surface area contributed by atoms with Gasteiger partial charge in [-0.3, -0.25) is 4.99 Å². The predicted molar refractivity (Wildman–Crippen MR) is 142 cm³/mol. The van der Waals surface area contributed by atoms with Crippen molar-refractivity contribution in [2.45, 2.75) is 54.9 Å². The van der Waals surface area contributed by atoms with Crippen LogP contribution in [0, 0.1) is 18.3 Å². The van der Waals surface area contributed by atoms with Crippen LogP contribution in [-0.2, 0) is 0 Å². The fourth-order valence-corrected chi connectivity index (χ4v) is 1.67. The third kappa shape index (κ3) is 33.1. The first-order chi connectivity index (χ1) is 14.1. The van der Waals surface area contributed by atoms with E-state index >= 15 is 0 Å². The van der Waals surface area contributed by atoms with E-state index in [0.717, 1.165) is 12.1 Å². The van der Waals surface area contributed by atoms with E-state index in [0.29, 0.717) is 5.92 Å². The van der Waals surface area contributed by atoms with Gasteiger partial charge < -0.3 is 9.98 Å². The minimum absolute atomic E-state index is 0.259. The van der Waals surface area contributed by atoms with Gasteiger partial charge in [0.1, 0.15) is 0 Å². The minimum Gasteiger partial charge on any atom is -0.301 e. The van der Waals surface area contributed by atoms with Crippen molar-refractivity contribution < 1.29 is 0 Å². The Hall–Kier alpha value is -2.55. The molecule has 1 aromatic carbocycles. The van der Waals surface area contributed by atoms with Gasteiger partial charge in [-0.1, -0.05) is 96.7 Å². The van der Waals surface area contributed by atoms with Crippen LogP contribution in [0.15, 0.2) is 76.7 Å². The second-order valence-electron chi connectivity index (χ2n) is 7.82. The molecule has 0 saturated carbocycles. The molecule has 0 saturated heterocycles. The van der Waals surface area contributed by atoms with Crippen LogP contribution in [0.4, 0.5) is 5.69 Å². The Morgan fingerprint density at radius 1 is 0.933 bits per heavy atom. The molecule has 0 aliphatic carbocycles. The molecule has 0 bridgehead atoms. The first-order valence-electron chi connectivity index (χ1n) is 10.4. The summed E-state index contributed by atoms with van der Waals surface area (Å²) in [6, 6.07) is 8.20. The van der Waals surface area contributed by atoms with Crippen molar-refractivity contribution in [1.82, 2.24) is 0 Å². The summed E-state index contributed by atoms with van der Waals surface area (Å²) in [4.78, 5) is 11.9. The molecule has 0 aromatic heterocycles. The number of hydrogen-bond donors (Lipinski definition) is 0. The van der Waals surface area contributed by atoms with Gasteiger partial charge in [0.2, 0.25) is 0 Å². The van der Waals surface area contributed by atoms with Gasteiger partial charge in [-0.2, -0.15) is 0 Å². The van der Waals surface area contributed by atoms with Gasteiger partial charge in [-0.25, -0.2) is 0 Å². The molecule has 0 spiro atoms. The number of aliphatic imine (C=N–C) groups is 3. The van der Waals surface area contributed by atoms with Crippen LogP contribution in [0.2, 0.25) is 0 Å². The highest BCUT2D eigenvalue weighted by Gasteiger charge is 2.02. The first-order valence-corrected chi connectivity index (χ1v) is 10.4. The van der Waals surface area contributed by atoms with Crippen molar-refractivity contribution in [2.75, 3.05) is 14.1 Å². The monoisotopic (exact) mass is 411 g/mol. The van der Waals surface area contributed by atoms with E-state index in [4.69, 9.17) is 0 Å². The zero-order valence-electron chi connectivity index (χ0n) is 20.9. The van der Waals surface area contributed by atoms with Crippen molar-refractivity contribution in [2.24, 2.45) is 26.3 Å². The quantitative estimate of drug-likeness (QED) is 0.347. The van der Waals surface area contributed by atoms with Gasteiger partial charge in [0.25, 0.3) is 0 Å². The Morgan fingerprint density at radius 2 is 1.43 bits per heavy atom. The summed E-state index contributed by atoms with van der Waals surface area (Å²) in [5.74, 6) is 0.606. The van der Waals surface area contributed by atoms with Crippen molar-refractivity contribution in [3.05, 3.63) is 67.3 Å². The van der Waals surface area contributed by atoms with Crippen molar-refractivity contribution >= 4 is 24.3 Å². The Balaban J connectivity index is -0.000000339. The maximum Gasteiger partial charge on any atom is 0.0625 e. The molecular weight excluding hydrogens is 366 g/mol. The van der Waals surface area contributed by atoms with Gasteiger partial charge >= 0.3 is 0 Å². The molecule has 0 aliphatic heterocycles. The number of allylic oxidation sites excluding steroid dienone is 4. The lowest BCUT2D eigenvalue weighted by Gasteiger charge is -2.08. The van der Waals surface area contributed by atoms with Crippen molar-refractivity contribution in [1.29, 1.82) is 0 Å². The zero-order chi connectivity index (χ0) is 23.8. The average molecular weight is 412 g/mol. The summed E-state index contributed by atoms with van der Waals surface area (Å²) in [5.41, 5.74) is 2.58. The third-order valence-corrected chi connectivity index (χ3v) is 2.80. The van der Waals surface area contributed by atoms with E-state index in [1.54, 1.807) is 26.2 Å². The Morgan fingerprint density at radius 3 is 1.67 bits per heavy atom. The van der Waals surface area contributed by atoms with Crippen LogP contribution in [0.5, 0.6) is 0 Å². The van der Waals surface area contributed by atoms with Gasteiger partial charge in [0.05, 0.1) is 5.69 Å². The summed E-state index contributed by atoms with van der Waals surface area (Å²) < 4.78 is 0. The van der Waals surface area contributed by atoms with E-state index in [1.807, 2.05) is 42.9 Å². The lowest BCUT2D eigenvalue weighted by Crippen LogP contribution is -2.05. The number of rotatable bonds is 5. The molecule has 0 N–H and O–H groups in total. The summed E-state index contributed by atoms with van der Waals surface area (Å²) in [7, 11) is 3.59. The van der Waals surface area contributed by atoms with E-state index < -0.39 is 0 Å². The second-order valence-corrected chi connectivity index (χ2v) is 7.82. The van der Waals surface area contributed by atoms with Crippen LogP contribution in [-0.4, -0.2) is 32.7 Å². The molecular formula is C27H45N3.